The summed E-state index contributed by atoms with van der Waals surface area (Å²) in [5.41, 5.74) is 0.912. The van der Waals surface area contributed by atoms with Gasteiger partial charge in [-0.05, 0) is 31.0 Å². The topological polar surface area (TPSA) is 37.8 Å². The zero-order valence-electron chi connectivity index (χ0n) is 10.1. The highest BCUT2D eigenvalue weighted by molar-refractivity contribution is 7.15. The first-order valence-electron chi connectivity index (χ1n) is 5.64. The van der Waals surface area contributed by atoms with E-state index in [-0.39, 0.29) is 11.1 Å². The van der Waals surface area contributed by atoms with Crippen LogP contribution in [0, 0.1) is 5.82 Å². The first-order valence-corrected chi connectivity index (χ1v) is 6.83. The van der Waals surface area contributed by atoms with Gasteiger partial charge in [-0.25, -0.2) is 4.39 Å². The van der Waals surface area contributed by atoms with E-state index < -0.39 is 5.82 Å². The van der Waals surface area contributed by atoms with E-state index in [2.05, 4.69) is 15.5 Å². The van der Waals surface area contributed by atoms with Crippen LogP contribution in [0.5, 0.6) is 0 Å². The minimum Gasteiger partial charge on any atom is -0.354 e. The number of benzene rings is 1. The molecule has 0 aliphatic heterocycles. The summed E-state index contributed by atoms with van der Waals surface area (Å²) < 4.78 is 13.1. The fourth-order valence-corrected chi connectivity index (χ4v) is 2.46. The normalized spacial score (nSPS) is 12.4. The van der Waals surface area contributed by atoms with E-state index in [1.807, 2.05) is 13.8 Å². The number of aryl methyl sites for hydroxylation is 1. The molecule has 0 fully saturated rings. The Bertz CT molecular complexity index is 544. The summed E-state index contributed by atoms with van der Waals surface area (Å²) in [6, 6.07) is 4.70. The molecular weight excluding hydrogens is 273 g/mol. The Labute approximate surface area is 114 Å². The second kappa shape index (κ2) is 5.63. The number of rotatable bonds is 4. The summed E-state index contributed by atoms with van der Waals surface area (Å²) in [6.45, 7) is 4.00. The van der Waals surface area contributed by atoms with E-state index >= 15 is 0 Å². The quantitative estimate of drug-likeness (QED) is 0.920. The van der Waals surface area contributed by atoms with Gasteiger partial charge in [0, 0.05) is 0 Å². The van der Waals surface area contributed by atoms with E-state index in [1.54, 1.807) is 12.1 Å². The van der Waals surface area contributed by atoms with E-state index in [9.17, 15) is 4.39 Å². The average molecular weight is 286 g/mol. The monoisotopic (exact) mass is 285 g/mol. The van der Waals surface area contributed by atoms with Gasteiger partial charge in [0.1, 0.15) is 10.8 Å². The van der Waals surface area contributed by atoms with Crippen molar-refractivity contribution >= 4 is 28.1 Å². The van der Waals surface area contributed by atoms with Crippen LogP contribution in [0.2, 0.25) is 5.02 Å². The molecule has 0 saturated heterocycles. The van der Waals surface area contributed by atoms with Crippen molar-refractivity contribution in [1.29, 1.82) is 0 Å². The van der Waals surface area contributed by atoms with Crippen molar-refractivity contribution in [2.24, 2.45) is 0 Å². The number of nitrogens with zero attached hydrogens (tertiary/aromatic N) is 2. The number of halogens is 2. The van der Waals surface area contributed by atoms with Gasteiger partial charge in [-0.3, -0.25) is 0 Å². The van der Waals surface area contributed by atoms with Crippen LogP contribution in [0.4, 0.5) is 9.52 Å². The van der Waals surface area contributed by atoms with Crippen LogP contribution in [0.1, 0.15) is 30.5 Å². The summed E-state index contributed by atoms with van der Waals surface area (Å²) in [5.74, 6) is -0.406. The standard InChI is InChI=1S/C12H13ClFN3S/c1-3-11-16-17-12(18-11)15-7(2)8-4-5-10(14)9(13)6-8/h4-7H,3H2,1-2H3,(H,15,17). The highest BCUT2D eigenvalue weighted by Gasteiger charge is 2.10. The largest absolute Gasteiger partial charge is 0.354 e. The van der Waals surface area contributed by atoms with Crippen molar-refractivity contribution in [2.45, 2.75) is 26.3 Å². The maximum atomic E-state index is 13.1. The van der Waals surface area contributed by atoms with Crippen molar-refractivity contribution in [3.8, 4) is 0 Å². The Kier molecular flexibility index (Phi) is 4.14. The third-order valence-electron chi connectivity index (χ3n) is 2.55. The van der Waals surface area contributed by atoms with Gasteiger partial charge < -0.3 is 5.32 Å². The maximum absolute atomic E-state index is 13.1. The molecule has 2 aromatic rings. The fourth-order valence-electron chi connectivity index (χ4n) is 1.51. The summed E-state index contributed by atoms with van der Waals surface area (Å²) in [5, 5.41) is 13.2. The number of hydrogen-bond donors (Lipinski definition) is 1. The predicted molar refractivity (Wildman–Crippen MR) is 72.7 cm³/mol. The van der Waals surface area contributed by atoms with Crippen molar-refractivity contribution in [3.05, 3.63) is 39.6 Å². The molecule has 1 aromatic carbocycles. The van der Waals surface area contributed by atoms with Crippen molar-refractivity contribution in [1.82, 2.24) is 10.2 Å². The van der Waals surface area contributed by atoms with Crippen LogP contribution < -0.4 is 5.32 Å². The molecule has 1 heterocycles. The van der Waals surface area contributed by atoms with E-state index in [4.69, 9.17) is 11.6 Å². The molecule has 0 bridgehead atoms. The fraction of sp³-hybridized carbons (Fsp3) is 0.333. The molecule has 0 aliphatic rings. The van der Waals surface area contributed by atoms with Crippen LogP contribution in [-0.2, 0) is 6.42 Å². The molecule has 0 spiro atoms. The highest BCUT2D eigenvalue weighted by atomic mass is 35.5. The molecule has 1 unspecified atom stereocenters. The number of aromatic nitrogens is 2. The molecule has 1 atom stereocenters. The highest BCUT2D eigenvalue weighted by Crippen LogP contribution is 2.25. The van der Waals surface area contributed by atoms with E-state index in [0.29, 0.717) is 0 Å². The molecule has 1 N–H and O–H groups in total. The minimum atomic E-state index is -0.406. The zero-order valence-corrected chi connectivity index (χ0v) is 11.6. The van der Waals surface area contributed by atoms with Gasteiger partial charge >= 0.3 is 0 Å². The first-order chi connectivity index (χ1) is 8.60. The van der Waals surface area contributed by atoms with Crippen LogP contribution in [0.3, 0.4) is 0 Å². The van der Waals surface area contributed by atoms with E-state index in [1.165, 1.54) is 17.4 Å². The van der Waals surface area contributed by atoms with Crippen LogP contribution in [0.15, 0.2) is 18.2 Å². The Hall–Kier alpha value is -1.20. The Morgan fingerprint density at radius 2 is 2.22 bits per heavy atom. The molecule has 18 heavy (non-hydrogen) atoms. The minimum absolute atomic E-state index is 0.000700. The summed E-state index contributed by atoms with van der Waals surface area (Å²) in [7, 11) is 0. The Morgan fingerprint density at radius 1 is 1.44 bits per heavy atom. The number of anilines is 1. The van der Waals surface area contributed by atoms with Gasteiger partial charge in [0.15, 0.2) is 0 Å². The molecular formula is C12H13ClFN3S. The van der Waals surface area contributed by atoms with Crippen molar-refractivity contribution in [2.75, 3.05) is 5.32 Å². The SMILES string of the molecule is CCc1nnc(NC(C)c2ccc(F)c(Cl)c2)s1. The molecule has 0 aliphatic carbocycles. The second-order valence-electron chi connectivity index (χ2n) is 3.89. The Balaban J connectivity index is 2.11. The average Bonchev–Trinajstić information content (AvgIpc) is 2.80. The third-order valence-corrected chi connectivity index (χ3v) is 3.84. The van der Waals surface area contributed by atoms with Crippen LogP contribution >= 0.6 is 22.9 Å². The Morgan fingerprint density at radius 3 is 2.83 bits per heavy atom. The first kappa shape index (κ1) is 13.2. The number of hydrogen-bond acceptors (Lipinski definition) is 4. The smallest absolute Gasteiger partial charge is 0.206 e. The molecule has 0 amide bonds. The van der Waals surface area contributed by atoms with Crippen LogP contribution in [0.25, 0.3) is 0 Å². The zero-order chi connectivity index (χ0) is 13.1. The molecule has 2 rings (SSSR count). The lowest BCUT2D eigenvalue weighted by atomic mass is 10.1. The van der Waals surface area contributed by atoms with Gasteiger partial charge in [0.25, 0.3) is 0 Å². The third kappa shape index (κ3) is 2.97. The summed E-state index contributed by atoms with van der Waals surface area (Å²) in [4.78, 5) is 0. The molecule has 96 valence electrons. The second-order valence-corrected chi connectivity index (χ2v) is 5.36. The lowest BCUT2D eigenvalue weighted by Gasteiger charge is -2.13. The van der Waals surface area contributed by atoms with Gasteiger partial charge in [-0.15, -0.1) is 10.2 Å². The van der Waals surface area contributed by atoms with Crippen molar-refractivity contribution in [3.63, 3.8) is 0 Å². The molecule has 0 radical (unpaired) electrons. The number of nitrogens with one attached hydrogen (secondary N) is 1. The molecule has 3 nitrogen and oxygen atoms in total. The van der Waals surface area contributed by atoms with Gasteiger partial charge in [-0.2, -0.15) is 0 Å². The summed E-state index contributed by atoms with van der Waals surface area (Å²) >= 11 is 7.28. The predicted octanol–water partition coefficient (Wildman–Crippen LogP) is 4.07. The molecule has 6 heteroatoms. The van der Waals surface area contributed by atoms with Gasteiger partial charge in [-0.1, -0.05) is 35.9 Å². The molecule has 1 aromatic heterocycles. The van der Waals surface area contributed by atoms with E-state index in [0.717, 1.165) is 22.1 Å². The van der Waals surface area contributed by atoms with Crippen molar-refractivity contribution < 1.29 is 4.39 Å². The van der Waals surface area contributed by atoms with Gasteiger partial charge in [0.2, 0.25) is 5.13 Å². The van der Waals surface area contributed by atoms with Gasteiger partial charge in [0.05, 0.1) is 11.1 Å². The van der Waals surface area contributed by atoms with Crippen LogP contribution in [-0.4, -0.2) is 10.2 Å². The lowest BCUT2D eigenvalue weighted by Crippen LogP contribution is -2.06. The molecule has 0 saturated carbocycles. The summed E-state index contributed by atoms with van der Waals surface area (Å²) in [6.07, 6.45) is 0.871. The lowest BCUT2D eigenvalue weighted by molar-refractivity contribution is 0.627. The maximum Gasteiger partial charge on any atom is 0.206 e.